The van der Waals surface area contributed by atoms with Crippen LogP contribution in [0.3, 0.4) is 0 Å². The van der Waals surface area contributed by atoms with Crippen molar-refractivity contribution in [3.63, 3.8) is 0 Å². The molecule has 1 amide bonds. The summed E-state index contributed by atoms with van der Waals surface area (Å²) in [6.07, 6.45) is 10.6. The molecule has 7 nitrogen and oxygen atoms in total. The Morgan fingerprint density at radius 1 is 1.22 bits per heavy atom. The van der Waals surface area contributed by atoms with Crippen molar-refractivity contribution in [2.75, 3.05) is 19.5 Å². The Hall–Kier alpha value is -1.93. The molecule has 2 aromatic heterocycles. The molecule has 1 aliphatic carbocycles. The van der Waals surface area contributed by atoms with Crippen LogP contribution in [0.25, 0.3) is 11.4 Å². The molecular weight excluding hydrogens is 362 g/mol. The number of ether oxygens (including phenoxy) is 1. The number of carbonyl (C=O) groups excluding carboxylic acids is 1. The number of hydrogen-bond acceptors (Lipinski definition) is 6. The van der Waals surface area contributed by atoms with Gasteiger partial charge >= 0.3 is 0 Å². The maximum absolute atomic E-state index is 12.4. The number of rotatable bonds is 8. The van der Waals surface area contributed by atoms with Gasteiger partial charge in [0.05, 0.1) is 18.9 Å². The number of pyridine rings is 1. The predicted molar refractivity (Wildman–Crippen MR) is 105 cm³/mol. The molecule has 8 heteroatoms. The van der Waals surface area contributed by atoms with Crippen molar-refractivity contribution in [1.29, 1.82) is 0 Å². The molecule has 146 valence electrons. The van der Waals surface area contributed by atoms with E-state index in [0.29, 0.717) is 24.9 Å². The Balaban J connectivity index is 1.63. The van der Waals surface area contributed by atoms with E-state index in [0.717, 1.165) is 29.4 Å². The summed E-state index contributed by atoms with van der Waals surface area (Å²) < 4.78 is 7.22. The van der Waals surface area contributed by atoms with Gasteiger partial charge in [0.25, 0.3) is 0 Å². The molecule has 1 fully saturated rings. The van der Waals surface area contributed by atoms with Crippen molar-refractivity contribution in [1.82, 2.24) is 25.1 Å². The molecule has 1 saturated carbocycles. The van der Waals surface area contributed by atoms with E-state index in [9.17, 15) is 4.79 Å². The molecule has 0 atom stereocenters. The fraction of sp³-hybridized carbons (Fsp3) is 0.579. The Bertz CT molecular complexity index is 714. The molecule has 1 N–H and O–H groups in total. The van der Waals surface area contributed by atoms with E-state index >= 15 is 0 Å². The fourth-order valence-electron chi connectivity index (χ4n) is 3.32. The van der Waals surface area contributed by atoms with E-state index in [-0.39, 0.29) is 5.91 Å². The van der Waals surface area contributed by atoms with Crippen LogP contribution in [0.5, 0.6) is 0 Å². The lowest BCUT2D eigenvalue weighted by atomic mass is 10.1. The lowest BCUT2D eigenvalue weighted by Crippen LogP contribution is -2.35. The zero-order valence-corrected chi connectivity index (χ0v) is 16.6. The predicted octanol–water partition coefficient (Wildman–Crippen LogP) is 2.92. The molecule has 0 aliphatic heterocycles. The number of methoxy groups -OCH3 is 1. The average Bonchev–Trinajstić information content (AvgIpc) is 2.92. The van der Waals surface area contributed by atoms with Gasteiger partial charge in [0.1, 0.15) is 0 Å². The molecular formula is C19H27N5O2S. The maximum atomic E-state index is 12.4. The standard InChI is InChI=1S/C19H27N5O2S/c1-26-13-12-24-18(15-8-10-20-11-9-15)22-23-19(24)27-14-17(25)21-16-6-4-2-3-5-7-16/h8-11,16H,2-7,12-14H2,1H3,(H,21,25). The number of hydrogen-bond donors (Lipinski definition) is 1. The number of amides is 1. The minimum Gasteiger partial charge on any atom is -0.383 e. The van der Waals surface area contributed by atoms with Gasteiger partial charge in [0.2, 0.25) is 5.91 Å². The van der Waals surface area contributed by atoms with Gasteiger partial charge in [-0.05, 0) is 25.0 Å². The number of nitrogens with zero attached hydrogens (tertiary/aromatic N) is 4. The van der Waals surface area contributed by atoms with E-state index in [1.54, 1.807) is 19.5 Å². The molecule has 0 saturated heterocycles. The lowest BCUT2D eigenvalue weighted by Gasteiger charge is -2.16. The summed E-state index contributed by atoms with van der Waals surface area (Å²) in [6.45, 7) is 1.19. The second-order valence-electron chi connectivity index (χ2n) is 6.73. The Labute approximate surface area is 164 Å². The van der Waals surface area contributed by atoms with Crippen LogP contribution in [0.15, 0.2) is 29.7 Å². The fourth-order valence-corrected chi connectivity index (χ4v) is 4.09. The summed E-state index contributed by atoms with van der Waals surface area (Å²) in [5.41, 5.74) is 0.948. The summed E-state index contributed by atoms with van der Waals surface area (Å²) in [5, 5.41) is 12.5. The quantitative estimate of drug-likeness (QED) is 0.552. The largest absolute Gasteiger partial charge is 0.383 e. The molecule has 0 spiro atoms. The molecule has 2 aromatic rings. The van der Waals surface area contributed by atoms with Crippen molar-refractivity contribution in [3.8, 4) is 11.4 Å². The van der Waals surface area contributed by atoms with E-state index < -0.39 is 0 Å². The normalized spacial score (nSPS) is 15.4. The van der Waals surface area contributed by atoms with Crippen LogP contribution < -0.4 is 5.32 Å². The molecule has 0 radical (unpaired) electrons. The summed E-state index contributed by atoms with van der Waals surface area (Å²) in [6, 6.07) is 4.13. The molecule has 0 bridgehead atoms. The number of carbonyl (C=O) groups is 1. The highest BCUT2D eigenvalue weighted by Gasteiger charge is 2.18. The van der Waals surface area contributed by atoms with Crippen molar-refractivity contribution in [2.45, 2.75) is 56.3 Å². The van der Waals surface area contributed by atoms with Crippen LogP contribution in [-0.2, 0) is 16.1 Å². The van der Waals surface area contributed by atoms with Gasteiger partial charge in [-0.3, -0.25) is 14.3 Å². The molecule has 2 heterocycles. The minimum atomic E-state index is 0.0682. The summed E-state index contributed by atoms with van der Waals surface area (Å²) in [4.78, 5) is 16.4. The molecule has 0 aromatic carbocycles. The summed E-state index contributed by atoms with van der Waals surface area (Å²) >= 11 is 1.42. The number of nitrogens with one attached hydrogen (secondary N) is 1. The van der Waals surface area contributed by atoms with Gasteiger partial charge in [-0.25, -0.2) is 0 Å². The molecule has 1 aliphatic rings. The van der Waals surface area contributed by atoms with Gasteiger partial charge in [-0.2, -0.15) is 0 Å². The van der Waals surface area contributed by atoms with Crippen molar-refractivity contribution in [2.24, 2.45) is 0 Å². The number of thioether (sulfide) groups is 1. The van der Waals surface area contributed by atoms with E-state index in [4.69, 9.17) is 4.74 Å². The third kappa shape index (κ3) is 5.77. The first kappa shape index (κ1) is 19.8. The monoisotopic (exact) mass is 389 g/mol. The first-order chi connectivity index (χ1) is 13.3. The summed E-state index contributed by atoms with van der Waals surface area (Å²) in [7, 11) is 1.67. The second kappa shape index (κ2) is 10.4. The van der Waals surface area contributed by atoms with Crippen molar-refractivity contribution < 1.29 is 9.53 Å². The van der Waals surface area contributed by atoms with Crippen molar-refractivity contribution >= 4 is 17.7 Å². The first-order valence-corrected chi connectivity index (χ1v) is 10.5. The second-order valence-corrected chi connectivity index (χ2v) is 7.67. The Morgan fingerprint density at radius 2 is 1.96 bits per heavy atom. The van der Waals surface area contributed by atoms with Gasteiger partial charge in [0.15, 0.2) is 11.0 Å². The maximum Gasteiger partial charge on any atom is 0.230 e. The SMILES string of the molecule is COCCn1c(SCC(=O)NC2CCCCCC2)nnc1-c1ccncc1. The smallest absolute Gasteiger partial charge is 0.230 e. The Morgan fingerprint density at radius 3 is 2.67 bits per heavy atom. The average molecular weight is 390 g/mol. The lowest BCUT2D eigenvalue weighted by molar-refractivity contribution is -0.119. The van der Waals surface area contributed by atoms with Crippen LogP contribution in [-0.4, -0.2) is 51.2 Å². The third-order valence-electron chi connectivity index (χ3n) is 4.73. The van der Waals surface area contributed by atoms with Gasteiger partial charge in [-0.15, -0.1) is 10.2 Å². The zero-order valence-electron chi connectivity index (χ0n) is 15.8. The van der Waals surface area contributed by atoms with Crippen LogP contribution in [0.2, 0.25) is 0 Å². The van der Waals surface area contributed by atoms with Crippen LogP contribution in [0.1, 0.15) is 38.5 Å². The highest BCUT2D eigenvalue weighted by atomic mass is 32.2. The van der Waals surface area contributed by atoms with Gasteiger partial charge in [0, 0.05) is 31.1 Å². The zero-order chi connectivity index (χ0) is 18.9. The highest BCUT2D eigenvalue weighted by Crippen LogP contribution is 2.24. The van der Waals surface area contributed by atoms with Crippen LogP contribution in [0, 0.1) is 0 Å². The van der Waals surface area contributed by atoms with Gasteiger partial charge < -0.3 is 10.1 Å². The Kier molecular flexibility index (Phi) is 7.65. The minimum absolute atomic E-state index is 0.0682. The summed E-state index contributed by atoms with van der Waals surface area (Å²) in [5.74, 6) is 1.18. The third-order valence-corrected chi connectivity index (χ3v) is 5.69. The van der Waals surface area contributed by atoms with Crippen LogP contribution >= 0.6 is 11.8 Å². The van der Waals surface area contributed by atoms with Gasteiger partial charge in [-0.1, -0.05) is 37.4 Å². The van der Waals surface area contributed by atoms with E-state index in [1.807, 2.05) is 16.7 Å². The molecule has 3 rings (SSSR count). The van der Waals surface area contributed by atoms with Crippen molar-refractivity contribution in [3.05, 3.63) is 24.5 Å². The highest BCUT2D eigenvalue weighted by molar-refractivity contribution is 7.99. The van der Waals surface area contributed by atoms with E-state index in [2.05, 4.69) is 20.5 Å². The number of aromatic nitrogens is 4. The van der Waals surface area contributed by atoms with E-state index in [1.165, 1.54) is 37.4 Å². The molecule has 0 unspecified atom stereocenters. The van der Waals surface area contributed by atoms with Crippen LogP contribution in [0.4, 0.5) is 0 Å². The first-order valence-electron chi connectivity index (χ1n) is 9.52. The topological polar surface area (TPSA) is 81.9 Å². The molecule has 27 heavy (non-hydrogen) atoms.